The molecular weight excluding hydrogens is 439 g/mol. The molecule has 2 aromatic rings. The third-order valence-electron chi connectivity index (χ3n) is 4.31. The Morgan fingerprint density at radius 2 is 1.85 bits per heavy atom. The standard InChI is InChI=1S/C19H17BrCl2N2O2/c1-11-4-5-16(15(20)7-11)23-18(25)17-3-2-6-24(17)19(26)12-8-13(21)10-14(22)9-12/h4-5,7-10,17H,2-3,6H2,1H3,(H,23,25)/t17-/m1/s1. The molecule has 0 aliphatic carbocycles. The summed E-state index contributed by atoms with van der Waals surface area (Å²) in [7, 11) is 0. The zero-order valence-electron chi connectivity index (χ0n) is 14.1. The van der Waals surface area contributed by atoms with E-state index in [0.29, 0.717) is 34.3 Å². The lowest BCUT2D eigenvalue weighted by Crippen LogP contribution is -2.43. The summed E-state index contributed by atoms with van der Waals surface area (Å²) in [5, 5.41) is 3.69. The van der Waals surface area contributed by atoms with E-state index in [1.54, 1.807) is 23.1 Å². The van der Waals surface area contributed by atoms with Gasteiger partial charge in [-0.15, -0.1) is 0 Å². The fourth-order valence-corrected chi connectivity index (χ4v) is 4.18. The largest absolute Gasteiger partial charge is 0.327 e. The van der Waals surface area contributed by atoms with Crippen molar-refractivity contribution in [3.63, 3.8) is 0 Å². The van der Waals surface area contributed by atoms with Crippen LogP contribution in [0.1, 0.15) is 28.8 Å². The maximum absolute atomic E-state index is 12.8. The number of aryl methyl sites for hydroxylation is 1. The fraction of sp³-hybridized carbons (Fsp3) is 0.263. The van der Waals surface area contributed by atoms with Crippen LogP contribution < -0.4 is 5.32 Å². The van der Waals surface area contributed by atoms with Crippen LogP contribution in [0.2, 0.25) is 10.0 Å². The molecule has 136 valence electrons. The van der Waals surface area contributed by atoms with Crippen molar-refractivity contribution in [3.8, 4) is 0 Å². The Hall–Kier alpha value is -1.56. The molecule has 0 saturated carbocycles. The van der Waals surface area contributed by atoms with Gasteiger partial charge >= 0.3 is 0 Å². The fourth-order valence-electron chi connectivity index (χ4n) is 3.06. The number of anilines is 1. The van der Waals surface area contributed by atoms with Crippen molar-refractivity contribution in [1.29, 1.82) is 0 Å². The van der Waals surface area contributed by atoms with Crippen LogP contribution in [-0.4, -0.2) is 29.3 Å². The number of amides is 2. The summed E-state index contributed by atoms with van der Waals surface area (Å²) < 4.78 is 0.809. The number of nitrogens with one attached hydrogen (secondary N) is 1. The predicted molar refractivity (Wildman–Crippen MR) is 108 cm³/mol. The highest BCUT2D eigenvalue weighted by molar-refractivity contribution is 9.10. The smallest absolute Gasteiger partial charge is 0.254 e. The molecule has 1 fully saturated rings. The average Bonchev–Trinajstić information content (AvgIpc) is 3.05. The third-order valence-corrected chi connectivity index (χ3v) is 5.40. The number of halogens is 3. The van der Waals surface area contributed by atoms with Crippen LogP contribution in [0, 0.1) is 6.92 Å². The molecule has 1 atom stereocenters. The van der Waals surface area contributed by atoms with Crippen LogP contribution in [-0.2, 0) is 4.79 Å². The molecule has 1 aliphatic rings. The topological polar surface area (TPSA) is 49.4 Å². The molecule has 0 aromatic heterocycles. The number of carbonyl (C=O) groups is 2. The Kier molecular flexibility index (Phi) is 5.90. The Balaban J connectivity index is 1.78. The second kappa shape index (κ2) is 7.99. The number of hydrogen-bond acceptors (Lipinski definition) is 2. The molecule has 0 radical (unpaired) electrons. The molecule has 0 spiro atoms. The summed E-state index contributed by atoms with van der Waals surface area (Å²) >= 11 is 15.5. The van der Waals surface area contributed by atoms with Crippen LogP contribution in [0.3, 0.4) is 0 Å². The van der Waals surface area contributed by atoms with E-state index in [2.05, 4.69) is 21.2 Å². The van der Waals surface area contributed by atoms with Crippen molar-refractivity contribution >= 4 is 56.6 Å². The highest BCUT2D eigenvalue weighted by atomic mass is 79.9. The quantitative estimate of drug-likeness (QED) is 0.681. The van der Waals surface area contributed by atoms with Gasteiger partial charge in [0.05, 0.1) is 5.69 Å². The van der Waals surface area contributed by atoms with Gasteiger partial charge in [0, 0.05) is 26.6 Å². The number of rotatable bonds is 3. The molecule has 1 saturated heterocycles. The van der Waals surface area contributed by atoms with E-state index in [1.807, 2.05) is 25.1 Å². The van der Waals surface area contributed by atoms with Gasteiger partial charge in [0.1, 0.15) is 6.04 Å². The van der Waals surface area contributed by atoms with Gasteiger partial charge in [0.2, 0.25) is 5.91 Å². The van der Waals surface area contributed by atoms with Gasteiger partial charge in [0.15, 0.2) is 0 Å². The van der Waals surface area contributed by atoms with Crippen LogP contribution in [0.25, 0.3) is 0 Å². The van der Waals surface area contributed by atoms with Gasteiger partial charge in [-0.05, 0) is 71.6 Å². The Bertz CT molecular complexity index is 852. The van der Waals surface area contributed by atoms with E-state index >= 15 is 0 Å². The first-order valence-electron chi connectivity index (χ1n) is 8.19. The van der Waals surface area contributed by atoms with Crippen LogP contribution in [0.4, 0.5) is 5.69 Å². The van der Waals surface area contributed by atoms with Crippen molar-refractivity contribution in [2.24, 2.45) is 0 Å². The minimum atomic E-state index is -0.520. The maximum atomic E-state index is 12.8. The van der Waals surface area contributed by atoms with Gasteiger partial charge < -0.3 is 10.2 Å². The zero-order chi connectivity index (χ0) is 18.8. The Morgan fingerprint density at radius 3 is 2.50 bits per heavy atom. The minimum absolute atomic E-state index is 0.200. The van der Waals surface area contributed by atoms with E-state index in [1.165, 1.54) is 0 Å². The summed E-state index contributed by atoms with van der Waals surface area (Å²) in [6.07, 6.45) is 1.39. The average molecular weight is 456 g/mol. The van der Waals surface area contributed by atoms with Crippen LogP contribution in [0.5, 0.6) is 0 Å². The van der Waals surface area contributed by atoms with Crippen LogP contribution >= 0.6 is 39.1 Å². The van der Waals surface area contributed by atoms with E-state index < -0.39 is 6.04 Å². The van der Waals surface area contributed by atoms with Gasteiger partial charge in [-0.1, -0.05) is 29.3 Å². The molecule has 2 amide bonds. The van der Waals surface area contributed by atoms with E-state index in [9.17, 15) is 9.59 Å². The number of hydrogen-bond donors (Lipinski definition) is 1. The SMILES string of the molecule is Cc1ccc(NC(=O)[C@H]2CCCN2C(=O)c2cc(Cl)cc(Cl)c2)c(Br)c1. The van der Waals surface area contributed by atoms with Crippen molar-refractivity contribution in [2.75, 3.05) is 11.9 Å². The first-order valence-corrected chi connectivity index (χ1v) is 9.74. The molecule has 1 N–H and O–H groups in total. The molecule has 1 aliphatic heterocycles. The molecule has 26 heavy (non-hydrogen) atoms. The number of likely N-dealkylation sites (tertiary alicyclic amines) is 1. The zero-order valence-corrected chi connectivity index (χ0v) is 17.2. The first kappa shape index (κ1) is 19.2. The lowest BCUT2D eigenvalue weighted by molar-refractivity contribution is -0.119. The Labute approximate surface area is 170 Å². The summed E-state index contributed by atoms with van der Waals surface area (Å²) in [5.41, 5.74) is 2.16. The molecule has 2 aromatic carbocycles. The lowest BCUT2D eigenvalue weighted by Gasteiger charge is -2.24. The number of nitrogens with zero attached hydrogens (tertiary/aromatic N) is 1. The molecule has 1 heterocycles. The molecule has 7 heteroatoms. The number of carbonyl (C=O) groups excluding carboxylic acids is 2. The normalized spacial score (nSPS) is 16.6. The maximum Gasteiger partial charge on any atom is 0.254 e. The lowest BCUT2D eigenvalue weighted by atomic mass is 10.1. The molecule has 4 nitrogen and oxygen atoms in total. The van der Waals surface area contributed by atoms with Crippen molar-refractivity contribution < 1.29 is 9.59 Å². The van der Waals surface area contributed by atoms with Crippen molar-refractivity contribution in [2.45, 2.75) is 25.8 Å². The van der Waals surface area contributed by atoms with E-state index in [0.717, 1.165) is 16.5 Å². The summed E-state index contributed by atoms with van der Waals surface area (Å²) in [6.45, 7) is 2.50. The second-order valence-corrected chi connectivity index (χ2v) is 8.01. The Morgan fingerprint density at radius 1 is 1.15 bits per heavy atom. The summed E-state index contributed by atoms with van der Waals surface area (Å²) in [6, 6.07) is 9.89. The van der Waals surface area contributed by atoms with Gasteiger partial charge in [-0.25, -0.2) is 0 Å². The minimum Gasteiger partial charge on any atom is -0.327 e. The predicted octanol–water partition coefficient (Wildman–Crippen LogP) is 5.31. The molecular formula is C19H17BrCl2N2O2. The van der Waals surface area contributed by atoms with Crippen LogP contribution in [0.15, 0.2) is 40.9 Å². The second-order valence-electron chi connectivity index (χ2n) is 6.29. The van der Waals surface area contributed by atoms with Crippen molar-refractivity contribution in [1.82, 2.24) is 4.90 Å². The number of benzene rings is 2. The molecule has 0 unspecified atom stereocenters. The van der Waals surface area contributed by atoms with Crippen molar-refractivity contribution in [3.05, 3.63) is 62.0 Å². The highest BCUT2D eigenvalue weighted by Gasteiger charge is 2.35. The third kappa shape index (κ3) is 4.22. The van der Waals surface area contributed by atoms with Gasteiger partial charge in [0.25, 0.3) is 5.91 Å². The van der Waals surface area contributed by atoms with E-state index in [-0.39, 0.29) is 11.8 Å². The van der Waals surface area contributed by atoms with Gasteiger partial charge in [-0.3, -0.25) is 9.59 Å². The highest BCUT2D eigenvalue weighted by Crippen LogP contribution is 2.27. The first-order chi connectivity index (χ1) is 12.3. The summed E-state index contributed by atoms with van der Waals surface area (Å²) in [5.74, 6) is -0.441. The molecule has 0 bridgehead atoms. The van der Waals surface area contributed by atoms with Gasteiger partial charge in [-0.2, -0.15) is 0 Å². The monoisotopic (exact) mass is 454 g/mol. The summed E-state index contributed by atoms with van der Waals surface area (Å²) in [4.78, 5) is 27.2. The van der Waals surface area contributed by atoms with E-state index in [4.69, 9.17) is 23.2 Å². The molecule has 3 rings (SSSR count).